The summed E-state index contributed by atoms with van der Waals surface area (Å²) in [5, 5.41) is 4.10. The van der Waals surface area contributed by atoms with E-state index in [-0.39, 0.29) is 36.4 Å². The van der Waals surface area contributed by atoms with E-state index in [1.807, 2.05) is 60.7 Å². The van der Waals surface area contributed by atoms with Gasteiger partial charge in [-0.05, 0) is 53.1 Å². The standard InChI is InChI=1S/C34H40Cl2N2O3/c1-34(2,3)27-16-10-11-17-31(27)41-23-32(39)38(22-25-18-19-28(35)29(36)20-25)30(21-24-12-6-4-7-13-24)33(40)37-26-14-8-5-9-15-26/h4,6-7,10-13,16-20,26,30H,5,8-9,14-15,21-23H2,1-3H3,(H,37,40). The van der Waals surface area contributed by atoms with Crippen molar-refractivity contribution in [3.8, 4) is 5.75 Å². The Balaban J connectivity index is 1.65. The Morgan fingerprint density at radius 3 is 2.27 bits per heavy atom. The average molecular weight is 596 g/mol. The van der Waals surface area contributed by atoms with Gasteiger partial charge in [-0.3, -0.25) is 9.59 Å². The first-order valence-electron chi connectivity index (χ1n) is 14.4. The van der Waals surface area contributed by atoms with Gasteiger partial charge in [0.15, 0.2) is 6.61 Å². The maximum absolute atomic E-state index is 14.0. The van der Waals surface area contributed by atoms with Gasteiger partial charge >= 0.3 is 0 Å². The highest BCUT2D eigenvalue weighted by Crippen LogP contribution is 2.31. The molecule has 0 aromatic heterocycles. The molecule has 0 aliphatic heterocycles. The van der Waals surface area contributed by atoms with Gasteiger partial charge < -0.3 is 15.0 Å². The number of rotatable bonds is 10. The van der Waals surface area contributed by atoms with E-state index in [0.29, 0.717) is 22.2 Å². The molecule has 41 heavy (non-hydrogen) atoms. The summed E-state index contributed by atoms with van der Waals surface area (Å²) in [6.07, 6.45) is 5.68. The number of ether oxygens (including phenoxy) is 1. The van der Waals surface area contributed by atoms with Crippen molar-refractivity contribution in [2.75, 3.05) is 6.61 Å². The zero-order valence-electron chi connectivity index (χ0n) is 24.2. The molecule has 0 bridgehead atoms. The van der Waals surface area contributed by atoms with Crippen molar-refractivity contribution in [1.29, 1.82) is 0 Å². The fourth-order valence-corrected chi connectivity index (χ4v) is 5.69. The van der Waals surface area contributed by atoms with Gasteiger partial charge in [0.05, 0.1) is 10.0 Å². The third kappa shape index (κ3) is 8.73. The molecule has 1 atom stereocenters. The van der Waals surface area contributed by atoms with Crippen molar-refractivity contribution in [3.05, 3.63) is 99.5 Å². The Labute approximate surface area is 254 Å². The second kappa shape index (κ2) is 14.2. The highest BCUT2D eigenvalue weighted by atomic mass is 35.5. The molecule has 1 unspecified atom stereocenters. The number of halogens is 2. The van der Waals surface area contributed by atoms with Crippen molar-refractivity contribution in [2.24, 2.45) is 0 Å². The van der Waals surface area contributed by atoms with Crippen LogP contribution in [0.15, 0.2) is 72.8 Å². The average Bonchev–Trinajstić information content (AvgIpc) is 2.96. The van der Waals surface area contributed by atoms with Crippen molar-refractivity contribution < 1.29 is 14.3 Å². The van der Waals surface area contributed by atoms with Crippen LogP contribution in [-0.4, -0.2) is 35.4 Å². The monoisotopic (exact) mass is 594 g/mol. The summed E-state index contributed by atoms with van der Waals surface area (Å²) in [7, 11) is 0. The predicted octanol–water partition coefficient (Wildman–Crippen LogP) is 7.76. The van der Waals surface area contributed by atoms with Gasteiger partial charge in [-0.2, -0.15) is 0 Å². The van der Waals surface area contributed by atoms with E-state index in [4.69, 9.17) is 27.9 Å². The van der Waals surface area contributed by atoms with Gasteiger partial charge in [-0.15, -0.1) is 0 Å². The summed E-state index contributed by atoms with van der Waals surface area (Å²) in [5.74, 6) is 0.234. The maximum Gasteiger partial charge on any atom is 0.261 e. The normalized spacial score (nSPS) is 14.8. The first-order valence-corrected chi connectivity index (χ1v) is 15.2. The van der Waals surface area contributed by atoms with Crippen LogP contribution < -0.4 is 10.1 Å². The van der Waals surface area contributed by atoms with Gasteiger partial charge in [-0.1, -0.05) is 118 Å². The molecule has 1 fully saturated rings. The van der Waals surface area contributed by atoms with E-state index in [9.17, 15) is 9.59 Å². The number of hydrogen-bond acceptors (Lipinski definition) is 3. The van der Waals surface area contributed by atoms with Gasteiger partial charge in [0, 0.05) is 19.0 Å². The van der Waals surface area contributed by atoms with E-state index in [0.717, 1.165) is 42.4 Å². The van der Waals surface area contributed by atoms with E-state index in [1.54, 1.807) is 17.0 Å². The fraction of sp³-hybridized carbons (Fsp3) is 0.412. The predicted molar refractivity (Wildman–Crippen MR) is 167 cm³/mol. The molecule has 0 heterocycles. The second-order valence-electron chi connectivity index (χ2n) is 11.9. The van der Waals surface area contributed by atoms with E-state index in [2.05, 4.69) is 26.1 Å². The maximum atomic E-state index is 14.0. The Kier molecular flexibility index (Phi) is 10.7. The summed E-state index contributed by atoms with van der Waals surface area (Å²) in [5.41, 5.74) is 2.61. The summed E-state index contributed by atoms with van der Waals surface area (Å²) < 4.78 is 6.15. The SMILES string of the molecule is CC(C)(C)c1ccccc1OCC(=O)N(Cc1ccc(Cl)c(Cl)c1)C(Cc1ccccc1)C(=O)NC1CCCCC1. The Bertz CT molecular complexity index is 1320. The Morgan fingerprint density at radius 2 is 1.59 bits per heavy atom. The molecule has 0 spiro atoms. The summed E-state index contributed by atoms with van der Waals surface area (Å²) in [6, 6.07) is 22.3. The lowest BCUT2D eigenvalue weighted by molar-refractivity contribution is -0.143. The Morgan fingerprint density at radius 1 is 0.902 bits per heavy atom. The van der Waals surface area contributed by atoms with Gasteiger partial charge in [0.2, 0.25) is 5.91 Å². The van der Waals surface area contributed by atoms with Crippen LogP contribution in [0.4, 0.5) is 0 Å². The second-order valence-corrected chi connectivity index (χ2v) is 12.7. The van der Waals surface area contributed by atoms with Crippen LogP contribution in [0.2, 0.25) is 10.0 Å². The number of nitrogens with zero attached hydrogens (tertiary/aromatic N) is 1. The first-order chi connectivity index (χ1) is 19.6. The topological polar surface area (TPSA) is 58.6 Å². The van der Waals surface area contributed by atoms with Gasteiger partial charge in [0.25, 0.3) is 5.91 Å². The molecule has 3 aromatic carbocycles. The highest BCUT2D eigenvalue weighted by Gasteiger charge is 2.32. The first kappa shape index (κ1) is 30.9. The van der Waals surface area contributed by atoms with Crippen LogP contribution in [0.3, 0.4) is 0 Å². The number of para-hydroxylation sites is 1. The number of carbonyl (C=O) groups excluding carboxylic acids is 2. The molecule has 1 saturated carbocycles. The van der Waals surface area contributed by atoms with E-state index >= 15 is 0 Å². The third-order valence-electron chi connectivity index (χ3n) is 7.61. The molecular formula is C34H40Cl2N2O3. The molecule has 2 amide bonds. The van der Waals surface area contributed by atoms with Gasteiger partial charge in [-0.25, -0.2) is 0 Å². The summed E-state index contributed by atoms with van der Waals surface area (Å²) >= 11 is 12.5. The van der Waals surface area contributed by atoms with Crippen LogP contribution in [-0.2, 0) is 28.0 Å². The molecule has 7 heteroatoms. The smallest absolute Gasteiger partial charge is 0.261 e. The number of amides is 2. The Hall–Kier alpha value is -3.02. The van der Waals surface area contributed by atoms with Gasteiger partial charge in [0.1, 0.15) is 11.8 Å². The van der Waals surface area contributed by atoms with Crippen molar-refractivity contribution >= 4 is 35.0 Å². The molecule has 1 aliphatic rings. The van der Waals surface area contributed by atoms with Crippen LogP contribution in [0.25, 0.3) is 0 Å². The fourth-order valence-electron chi connectivity index (χ4n) is 5.37. The summed E-state index contributed by atoms with van der Waals surface area (Å²) in [6.45, 7) is 6.32. The molecular weight excluding hydrogens is 555 g/mol. The number of carbonyl (C=O) groups is 2. The van der Waals surface area contributed by atoms with Crippen molar-refractivity contribution in [2.45, 2.75) is 83.3 Å². The molecule has 218 valence electrons. The van der Waals surface area contributed by atoms with Crippen LogP contribution >= 0.6 is 23.2 Å². The number of benzene rings is 3. The molecule has 0 saturated heterocycles. The number of nitrogens with one attached hydrogen (secondary N) is 1. The number of hydrogen-bond donors (Lipinski definition) is 1. The zero-order valence-corrected chi connectivity index (χ0v) is 25.7. The van der Waals surface area contributed by atoms with E-state index in [1.165, 1.54) is 6.42 Å². The summed E-state index contributed by atoms with van der Waals surface area (Å²) in [4.78, 5) is 29.6. The zero-order chi connectivity index (χ0) is 29.4. The molecule has 1 N–H and O–H groups in total. The van der Waals surface area contributed by atoms with Crippen LogP contribution in [0.5, 0.6) is 5.75 Å². The van der Waals surface area contributed by atoms with Crippen molar-refractivity contribution in [1.82, 2.24) is 10.2 Å². The van der Waals surface area contributed by atoms with Crippen LogP contribution in [0, 0.1) is 0 Å². The highest BCUT2D eigenvalue weighted by molar-refractivity contribution is 6.42. The van der Waals surface area contributed by atoms with Crippen molar-refractivity contribution in [3.63, 3.8) is 0 Å². The molecule has 1 aliphatic carbocycles. The minimum absolute atomic E-state index is 0.117. The van der Waals surface area contributed by atoms with E-state index < -0.39 is 6.04 Å². The lowest BCUT2D eigenvalue weighted by atomic mass is 9.86. The lowest BCUT2D eigenvalue weighted by Gasteiger charge is -2.33. The van der Waals surface area contributed by atoms with Crippen LogP contribution in [0.1, 0.15) is 69.6 Å². The lowest BCUT2D eigenvalue weighted by Crippen LogP contribution is -2.53. The minimum atomic E-state index is -0.734. The molecule has 4 rings (SSSR count). The largest absolute Gasteiger partial charge is 0.483 e. The third-order valence-corrected chi connectivity index (χ3v) is 8.34. The quantitative estimate of drug-likeness (QED) is 0.261. The molecule has 5 nitrogen and oxygen atoms in total. The molecule has 0 radical (unpaired) electrons. The molecule has 3 aromatic rings. The minimum Gasteiger partial charge on any atom is -0.483 e.